The number of fused-ring (bicyclic) bond motifs is 1. The number of aromatic nitrogens is 2. The van der Waals surface area contributed by atoms with E-state index in [4.69, 9.17) is 11.6 Å². The number of aromatic amines is 1. The van der Waals surface area contributed by atoms with Crippen molar-refractivity contribution in [3.05, 3.63) is 63.6 Å². The topological polar surface area (TPSA) is 85.9 Å². The molecule has 0 aliphatic rings. The van der Waals surface area contributed by atoms with Gasteiger partial charge in [-0.25, -0.2) is 0 Å². The van der Waals surface area contributed by atoms with Gasteiger partial charge in [-0.2, -0.15) is 0 Å². The molecular formula is C18H14ClN2O3-. The van der Waals surface area contributed by atoms with E-state index in [0.717, 1.165) is 11.1 Å². The largest absolute Gasteiger partial charge is 0.550 e. The van der Waals surface area contributed by atoms with E-state index in [2.05, 4.69) is 9.97 Å². The molecular weight excluding hydrogens is 328 g/mol. The number of H-pyrrole nitrogens is 1. The highest BCUT2D eigenvalue weighted by atomic mass is 35.5. The summed E-state index contributed by atoms with van der Waals surface area (Å²) in [4.78, 5) is 31.1. The van der Waals surface area contributed by atoms with Gasteiger partial charge in [0.25, 0.3) is 0 Å². The molecule has 5 nitrogen and oxygen atoms in total. The van der Waals surface area contributed by atoms with Crippen LogP contribution in [0.5, 0.6) is 0 Å². The summed E-state index contributed by atoms with van der Waals surface area (Å²) in [5.74, 6) is -1.62. The summed E-state index contributed by atoms with van der Waals surface area (Å²) in [6.45, 7) is 3.80. The summed E-state index contributed by atoms with van der Waals surface area (Å²) in [7, 11) is 0. The molecule has 0 fully saturated rings. The number of carboxylic acids is 1. The van der Waals surface area contributed by atoms with E-state index in [1.54, 1.807) is 30.5 Å². The lowest BCUT2D eigenvalue weighted by Gasteiger charge is -2.06. The number of carbonyl (C=O) groups is 2. The van der Waals surface area contributed by atoms with Gasteiger partial charge in [-0.3, -0.25) is 9.78 Å². The van der Waals surface area contributed by atoms with Crippen molar-refractivity contribution in [2.75, 3.05) is 0 Å². The smallest absolute Gasteiger partial charge is 0.227 e. The zero-order valence-corrected chi connectivity index (χ0v) is 13.9. The molecule has 3 aromatic rings. The predicted octanol–water partition coefficient (Wildman–Crippen LogP) is 2.36. The summed E-state index contributed by atoms with van der Waals surface area (Å²) in [5.41, 5.74) is 3.36. The summed E-state index contributed by atoms with van der Waals surface area (Å²) in [6.07, 6.45) is 1.26. The molecule has 1 aromatic carbocycles. The number of hydrogen-bond acceptors (Lipinski definition) is 4. The van der Waals surface area contributed by atoms with Crippen LogP contribution in [-0.2, 0) is 11.2 Å². The number of hydrogen-bond donors (Lipinski definition) is 1. The van der Waals surface area contributed by atoms with E-state index in [1.165, 1.54) is 0 Å². The molecule has 0 atom stereocenters. The molecule has 0 saturated carbocycles. The Kier molecular flexibility index (Phi) is 4.11. The van der Waals surface area contributed by atoms with E-state index < -0.39 is 5.97 Å². The van der Waals surface area contributed by atoms with Crippen LogP contribution in [-0.4, -0.2) is 21.7 Å². The number of rotatable bonds is 4. The Bertz CT molecular complexity index is 976. The molecule has 24 heavy (non-hydrogen) atoms. The lowest BCUT2D eigenvalue weighted by Crippen LogP contribution is -2.25. The molecule has 0 spiro atoms. The molecule has 0 unspecified atom stereocenters. The maximum atomic E-state index is 12.8. The van der Waals surface area contributed by atoms with E-state index in [9.17, 15) is 14.7 Å². The Labute approximate surface area is 143 Å². The fraction of sp³-hybridized carbons (Fsp3) is 0.167. The van der Waals surface area contributed by atoms with Gasteiger partial charge >= 0.3 is 0 Å². The monoisotopic (exact) mass is 341 g/mol. The van der Waals surface area contributed by atoms with Crippen LogP contribution in [0.4, 0.5) is 0 Å². The highest BCUT2D eigenvalue weighted by Crippen LogP contribution is 2.27. The van der Waals surface area contributed by atoms with Crippen LogP contribution >= 0.6 is 11.6 Å². The number of carbonyl (C=O) groups excluding carboxylic acids is 2. The maximum Gasteiger partial charge on any atom is 0.227 e. The van der Waals surface area contributed by atoms with Crippen molar-refractivity contribution in [3.8, 4) is 0 Å². The first-order valence-corrected chi connectivity index (χ1v) is 7.72. The molecule has 0 radical (unpaired) electrons. The Morgan fingerprint density at radius 2 is 1.96 bits per heavy atom. The zero-order chi connectivity index (χ0) is 17.4. The van der Waals surface area contributed by atoms with Crippen LogP contribution in [0.2, 0.25) is 5.02 Å². The maximum absolute atomic E-state index is 12.8. The first-order valence-electron chi connectivity index (χ1n) is 7.34. The van der Waals surface area contributed by atoms with Gasteiger partial charge in [0, 0.05) is 34.5 Å². The van der Waals surface area contributed by atoms with Crippen LogP contribution in [0.1, 0.15) is 32.9 Å². The van der Waals surface area contributed by atoms with Gasteiger partial charge in [-0.15, -0.1) is 0 Å². The first kappa shape index (κ1) is 16.2. The minimum absolute atomic E-state index is 0.201. The second-order valence-electron chi connectivity index (χ2n) is 5.70. The second kappa shape index (κ2) is 6.09. The third-order valence-corrected chi connectivity index (χ3v) is 4.26. The van der Waals surface area contributed by atoms with Gasteiger partial charge in [0.05, 0.1) is 5.69 Å². The van der Waals surface area contributed by atoms with E-state index in [0.29, 0.717) is 21.5 Å². The molecule has 0 aliphatic carbocycles. The van der Waals surface area contributed by atoms with Crippen molar-refractivity contribution in [3.63, 3.8) is 0 Å². The number of nitrogens with one attached hydrogen (secondary N) is 1. The predicted molar refractivity (Wildman–Crippen MR) is 89.2 cm³/mol. The van der Waals surface area contributed by atoms with E-state index in [-0.39, 0.29) is 23.6 Å². The van der Waals surface area contributed by atoms with Crippen molar-refractivity contribution in [2.45, 2.75) is 20.3 Å². The number of nitrogens with zero attached hydrogens (tertiary/aromatic N) is 1. The Morgan fingerprint density at radius 1 is 1.21 bits per heavy atom. The van der Waals surface area contributed by atoms with Crippen molar-refractivity contribution in [2.24, 2.45) is 0 Å². The van der Waals surface area contributed by atoms with E-state index in [1.807, 2.05) is 13.8 Å². The molecule has 6 heteroatoms. The number of aryl methyl sites for hydroxylation is 2. The van der Waals surface area contributed by atoms with Crippen LogP contribution in [0.15, 0.2) is 30.5 Å². The molecule has 0 bridgehead atoms. The van der Waals surface area contributed by atoms with E-state index >= 15 is 0 Å². The number of ketones is 1. The molecule has 1 N–H and O–H groups in total. The minimum Gasteiger partial charge on any atom is -0.550 e. The number of benzene rings is 1. The summed E-state index contributed by atoms with van der Waals surface area (Å²) < 4.78 is 0. The van der Waals surface area contributed by atoms with Crippen LogP contribution in [0.3, 0.4) is 0 Å². The number of aliphatic carboxylic acids is 1. The van der Waals surface area contributed by atoms with Crippen LogP contribution in [0, 0.1) is 13.8 Å². The van der Waals surface area contributed by atoms with Crippen molar-refractivity contribution >= 4 is 34.3 Å². The minimum atomic E-state index is -1.26. The molecule has 2 heterocycles. The number of halogens is 1. The van der Waals surface area contributed by atoms with Crippen molar-refractivity contribution < 1.29 is 14.7 Å². The van der Waals surface area contributed by atoms with Gasteiger partial charge < -0.3 is 14.9 Å². The second-order valence-corrected chi connectivity index (χ2v) is 6.14. The quantitative estimate of drug-likeness (QED) is 0.738. The summed E-state index contributed by atoms with van der Waals surface area (Å²) in [6, 6.07) is 6.69. The normalized spacial score (nSPS) is 11.0. The lowest BCUT2D eigenvalue weighted by molar-refractivity contribution is -0.304. The van der Waals surface area contributed by atoms with Gasteiger partial charge in [-0.1, -0.05) is 17.7 Å². The third kappa shape index (κ3) is 2.90. The fourth-order valence-electron chi connectivity index (χ4n) is 2.63. The number of pyridine rings is 1. The SMILES string of the molecule is Cc1cnc(C(=O)c2[nH]c3cc(Cl)ccc3c2CC(=O)[O-])cc1C. The molecule has 0 aliphatic heterocycles. The average molecular weight is 342 g/mol. The summed E-state index contributed by atoms with van der Waals surface area (Å²) >= 11 is 5.97. The van der Waals surface area contributed by atoms with Gasteiger partial charge in [0.2, 0.25) is 5.78 Å². The zero-order valence-electron chi connectivity index (χ0n) is 13.1. The van der Waals surface area contributed by atoms with Gasteiger partial charge in [-0.05, 0) is 48.7 Å². The Morgan fingerprint density at radius 3 is 2.62 bits per heavy atom. The van der Waals surface area contributed by atoms with Gasteiger partial charge in [0.1, 0.15) is 5.69 Å². The standard InChI is InChI=1S/C18H15ClN2O3/c1-9-5-15(20-8-10(9)2)18(24)17-13(7-16(22)23)12-4-3-11(19)6-14(12)21-17/h3-6,8,21H,7H2,1-2H3,(H,22,23)/p-1. The lowest BCUT2D eigenvalue weighted by atomic mass is 10.0. The Balaban J connectivity index is 2.18. The highest BCUT2D eigenvalue weighted by molar-refractivity contribution is 6.31. The van der Waals surface area contributed by atoms with Gasteiger partial charge in [0.15, 0.2) is 0 Å². The third-order valence-electron chi connectivity index (χ3n) is 4.02. The van der Waals surface area contributed by atoms with Crippen LogP contribution in [0.25, 0.3) is 10.9 Å². The molecule has 0 saturated heterocycles. The van der Waals surface area contributed by atoms with Crippen molar-refractivity contribution in [1.29, 1.82) is 0 Å². The Hall–Kier alpha value is -2.66. The van der Waals surface area contributed by atoms with Crippen molar-refractivity contribution in [1.82, 2.24) is 9.97 Å². The first-order chi connectivity index (χ1) is 11.4. The van der Waals surface area contributed by atoms with Crippen LogP contribution < -0.4 is 5.11 Å². The molecule has 122 valence electrons. The average Bonchev–Trinajstić information content (AvgIpc) is 2.86. The molecule has 3 rings (SSSR count). The number of carboxylic acid groups (broad SMARTS) is 1. The summed E-state index contributed by atoms with van der Waals surface area (Å²) in [5, 5.41) is 12.2. The molecule has 0 amide bonds. The highest BCUT2D eigenvalue weighted by Gasteiger charge is 2.20. The molecule has 2 aromatic heterocycles. The fourth-order valence-corrected chi connectivity index (χ4v) is 2.80.